The van der Waals surface area contributed by atoms with Gasteiger partial charge >= 0.3 is 12.1 Å². The Bertz CT molecular complexity index is 493. The van der Waals surface area contributed by atoms with E-state index in [4.69, 9.17) is 17.0 Å². The van der Waals surface area contributed by atoms with Crippen LogP contribution in [0.2, 0.25) is 0 Å². The van der Waals surface area contributed by atoms with E-state index in [2.05, 4.69) is 15.4 Å². The number of carbonyl (C=O) groups is 2. The molecule has 0 aliphatic heterocycles. The highest BCUT2D eigenvalue weighted by atomic mass is 32.1. The van der Waals surface area contributed by atoms with E-state index in [1.165, 1.54) is 7.11 Å². The quantitative estimate of drug-likeness (QED) is 0.611. The second kappa shape index (κ2) is 8.91. The third-order valence-corrected chi connectivity index (χ3v) is 2.80. The molecule has 0 spiro atoms. The third-order valence-electron chi connectivity index (χ3n) is 2.54. The van der Waals surface area contributed by atoms with Crippen molar-refractivity contribution in [2.75, 3.05) is 13.7 Å². The third kappa shape index (κ3) is 6.71. The fourth-order valence-corrected chi connectivity index (χ4v) is 1.70. The highest BCUT2D eigenvalue weighted by Gasteiger charge is 2.14. The zero-order valence-electron chi connectivity index (χ0n) is 11.9. The summed E-state index contributed by atoms with van der Waals surface area (Å²) in [5, 5.41) is 5.24. The molecule has 0 saturated heterocycles. The SMILES string of the molecule is COC(=O)[C@H](C)NC(=S)CNC(=O)OCc1ccccc1. The van der Waals surface area contributed by atoms with Crippen molar-refractivity contribution in [1.29, 1.82) is 0 Å². The van der Waals surface area contributed by atoms with Crippen LogP contribution < -0.4 is 10.6 Å². The summed E-state index contributed by atoms with van der Waals surface area (Å²) in [6.07, 6.45) is -0.575. The fourth-order valence-electron chi connectivity index (χ4n) is 1.45. The normalized spacial score (nSPS) is 11.1. The predicted molar refractivity (Wildman–Crippen MR) is 81.8 cm³/mol. The molecule has 0 unspecified atom stereocenters. The first-order valence-electron chi connectivity index (χ1n) is 6.34. The second-order valence-corrected chi connectivity index (χ2v) is 4.72. The molecular weight excluding hydrogens is 292 g/mol. The Morgan fingerprint density at radius 3 is 2.57 bits per heavy atom. The number of rotatable bonds is 6. The first kappa shape index (κ1) is 16.9. The number of hydrogen-bond donors (Lipinski definition) is 2. The Kier molecular flexibility index (Phi) is 7.17. The summed E-state index contributed by atoms with van der Waals surface area (Å²) in [7, 11) is 1.29. The van der Waals surface area contributed by atoms with Crippen LogP contribution in [0, 0.1) is 0 Å². The smallest absolute Gasteiger partial charge is 0.407 e. The molecule has 7 heteroatoms. The van der Waals surface area contributed by atoms with Crippen molar-refractivity contribution >= 4 is 29.3 Å². The summed E-state index contributed by atoms with van der Waals surface area (Å²) in [5.41, 5.74) is 0.896. The number of thiocarbonyl (C=S) groups is 1. The van der Waals surface area contributed by atoms with E-state index >= 15 is 0 Å². The fraction of sp³-hybridized carbons (Fsp3) is 0.357. The maximum absolute atomic E-state index is 11.5. The van der Waals surface area contributed by atoms with Gasteiger partial charge in [0.1, 0.15) is 12.6 Å². The summed E-state index contributed by atoms with van der Waals surface area (Å²) in [6.45, 7) is 1.89. The van der Waals surface area contributed by atoms with Gasteiger partial charge in [0.05, 0.1) is 18.6 Å². The number of ether oxygens (including phenoxy) is 2. The van der Waals surface area contributed by atoms with Crippen LogP contribution in [-0.4, -0.2) is 36.7 Å². The van der Waals surface area contributed by atoms with E-state index in [9.17, 15) is 9.59 Å². The molecule has 0 bridgehead atoms. The summed E-state index contributed by atoms with van der Waals surface area (Å²) >= 11 is 5.00. The van der Waals surface area contributed by atoms with Crippen LogP contribution in [-0.2, 0) is 20.9 Å². The van der Waals surface area contributed by atoms with Crippen molar-refractivity contribution in [2.24, 2.45) is 0 Å². The minimum atomic E-state index is -0.575. The Hall–Kier alpha value is -2.15. The van der Waals surface area contributed by atoms with Crippen molar-refractivity contribution in [3.05, 3.63) is 35.9 Å². The average Bonchev–Trinajstić information content (AvgIpc) is 2.51. The number of methoxy groups -OCH3 is 1. The topological polar surface area (TPSA) is 76.7 Å². The van der Waals surface area contributed by atoms with Crippen LogP contribution in [0.15, 0.2) is 30.3 Å². The summed E-state index contributed by atoms with van der Waals surface area (Å²) in [6, 6.07) is 8.77. The Morgan fingerprint density at radius 1 is 1.29 bits per heavy atom. The van der Waals surface area contributed by atoms with E-state index in [-0.39, 0.29) is 13.2 Å². The van der Waals surface area contributed by atoms with E-state index < -0.39 is 18.1 Å². The highest BCUT2D eigenvalue weighted by Crippen LogP contribution is 2.00. The van der Waals surface area contributed by atoms with E-state index in [0.29, 0.717) is 4.99 Å². The monoisotopic (exact) mass is 310 g/mol. The Labute approximate surface area is 128 Å². The van der Waals surface area contributed by atoms with Crippen LogP contribution in [0.4, 0.5) is 4.79 Å². The first-order chi connectivity index (χ1) is 10.0. The van der Waals surface area contributed by atoms with Gasteiger partial charge in [-0.3, -0.25) is 0 Å². The molecule has 0 heterocycles. The lowest BCUT2D eigenvalue weighted by atomic mass is 10.2. The summed E-state index contributed by atoms with van der Waals surface area (Å²) in [4.78, 5) is 23.0. The maximum Gasteiger partial charge on any atom is 0.407 e. The number of nitrogens with one attached hydrogen (secondary N) is 2. The highest BCUT2D eigenvalue weighted by molar-refractivity contribution is 7.80. The van der Waals surface area contributed by atoms with E-state index in [0.717, 1.165) is 5.56 Å². The summed E-state index contributed by atoms with van der Waals surface area (Å²) < 4.78 is 9.58. The molecule has 0 aliphatic rings. The van der Waals surface area contributed by atoms with Crippen LogP contribution in [0.3, 0.4) is 0 Å². The number of carbonyl (C=O) groups excluding carboxylic acids is 2. The molecule has 0 fully saturated rings. The van der Waals surface area contributed by atoms with Crippen molar-refractivity contribution in [1.82, 2.24) is 10.6 Å². The number of hydrogen-bond acceptors (Lipinski definition) is 5. The van der Waals surface area contributed by atoms with Gasteiger partial charge in [0.25, 0.3) is 0 Å². The zero-order chi connectivity index (χ0) is 15.7. The molecule has 1 amide bonds. The van der Waals surface area contributed by atoms with Gasteiger partial charge < -0.3 is 20.1 Å². The molecule has 1 rings (SSSR count). The van der Waals surface area contributed by atoms with Crippen molar-refractivity contribution in [2.45, 2.75) is 19.6 Å². The standard InChI is InChI=1S/C14H18N2O4S/c1-10(13(17)19-2)16-12(21)8-15-14(18)20-9-11-6-4-3-5-7-11/h3-7,10H,8-9H2,1-2H3,(H,15,18)(H,16,21)/t10-/m0/s1. The maximum atomic E-state index is 11.5. The van der Waals surface area contributed by atoms with Crippen molar-refractivity contribution in [3.63, 3.8) is 0 Å². The molecule has 114 valence electrons. The molecule has 0 aromatic heterocycles. The number of amides is 1. The summed E-state index contributed by atoms with van der Waals surface area (Å²) in [5.74, 6) is -0.427. The lowest BCUT2D eigenvalue weighted by molar-refractivity contribution is -0.142. The lowest BCUT2D eigenvalue weighted by Gasteiger charge is -2.14. The van der Waals surface area contributed by atoms with Crippen LogP contribution in [0.1, 0.15) is 12.5 Å². The van der Waals surface area contributed by atoms with Crippen LogP contribution >= 0.6 is 12.2 Å². The Morgan fingerprint density at radius 2 is 1.95 bits per heavy atom. The molecular formula is C14H18N2O4S. The second-order valence-electron chi connectivity index (χ2n) is 4.23. The van der Waals surface area contributed by atoms with Gasteiger partial charge in [0, 0.05) is 0 Å². The molecule has 6 nitrogen and oxygen atoms in total. The lowest BCUT2D eigenvalue weighted by Crippen LogP contribution is -2.43. The van der Waals surface area contributed by atoms with Crippen molar-refractivity contribution in [3.8, 4) is 0 Å². The number of alkyl carbamates (subject to hydrolysis) is 1. The Balaban J connectivity index is 2.23. The molecule has 1 atom stereocenters. The van der Waals surface area contributed by atoms with Gasteiger partial charge in [0.2, 0.25) is 0 Å². The van der Waals surface area contributed by atoms with Gasteiger partial charge in [-0.05, 0) is 12.5 Å². The van der Waals surface area contributed by atoms with Crippen LogP contribution in [0.5, 0.6) is 0 Å². The molecule has 0 aliphatic carbocycles. The molecule has 1 aromatic rings. The van der Waals surface area contributed by atoms with Gasteiger partial charge in [0.15, 0.2) is 0 Å². The van der Waals surface area contributed by atoms with E-state index in [1.807, 2.05) is 30.3 Å². The van der Waals surface area contributed by atoms with Gasteiger partial charge in [-0.15, -0.1) is 0 Å². The van der Waals surface area contributed by atoms with Gasteiger partial charge in [-0.25, -0.2) is 9.59 Å². The first-order valence-corrected chi connectivity index (χ1v) is 6.75. The minimum absolute atomic E-state index is 0.0876. The minimum Gasteiger partial charge on any atom is -0.467 e. The molecule has 0 radical (unpaired) electrons. The van der Waals surface area contributed by atoms with Crippen LogP contribution in [0.25, 0.3) is 0 Å². The molecule has 0 saturated carbocycles. The van der Waals surface area contributed by atoms with Gasteiger partial charge in [-0.1, -0.05) is 42.5 Å². The number of esters is 1. The molecule has 21 heavy (non-hydrogen) atoms. The zero-order valence-corrected chi connectivity index (χ0v) is 12.7. The average molecular weight is 310 g/mol. The molecule has 1 aromatic carbocycles. The molecule has 2 N–H and O–H groups in total. The van der Waals surface area contributed by atoms with E-state index in [1.54, 1.807) is 6.92 Å². The van der Waals surface area contributed by atoms with Gasteiger partial charge in [-0.2, -0.15) is 0 Å². The van der Waals surface area contributed by atoms with Crippen molar-refractivity contribution < 1.29 is 19.1 Å². The predicted octanol–water partition coefficient (Wildman–Crippen LogP) is 1.39. The number of benzene rings is 1. The largest absolute Gasteiger partial charge is 0.467 e.